The second-order valence-electron chi connectivity index (χ2n) is 4.98. The van der Waals surface area contributed by atoms with Gasteiger partial charge in [-0.3, -0.25) is 4.79 Å². The fraction of sp³-hybridized carbons (Fsp3) is 0.0588. The van der Waals surface area contributed by atoms with Crippen LogP contribution in [0.25, 0.3) is 16.9 Å². The van der Waals surface area contributed by atoms with E-state index >= 15 is 0 Å². The van der Waals surface area contributed by atoms with Gasteiger partial charge < -0.3 is 5.11 Å². The van der Waals surface area contributed by atoms with Crippen LogP contribution in [0.4, 0.5) is 0 Å². The first-order chi connectivity index (χ1) is 11.0. The molecule has 0 aliphatic heterocycles. The van der Waals surface area contributed by atoms with Gasteiger partial charge in [0.15, 0.2) is 0 Å². The maximum absolute atomic E-state index is 11.1. The highest BCUT2D eigenvalue weighted by molar-refractivity contribution is 6.42. The molecular formula is C17H12Cl2N2O2. The molecule has 0 atom stereocenters. The fourth-order valence-electron chi connectivity index (χ4n) is 2.30. The van der Waals surface area contributed by atoms with Crippen LogP contribution in [0.15, 0.2) is 54.7 Å². The second kappa shape index (κ2) is 6.44. The Morgan fingerprint density at radius 1 is 1.09 bits per heavy atom. The van der Waals surface area contributed by atoms with Crippen molar-refractivity contribution in [3.05, 3.63) is 70.3 Å². The van der Waals surface area contributed by atoms with Gasteiger partial charge in [-0.05, 0) is 24.3 Å². The van der Waals surface area contributed by atoms with Gasteiger partial charge in [-0.25, -0.2) is 4.68 Å². The molecule has 3 rings (SSSR count). The standard InChI is InChI=1S/C17H12Cl2N2O2/c18-14-7-6-11(8-15(14)19)17-12(9-16(22)23)10-21(20-17)13-4-2-1-3-5-13/h1-8,10H,9H2,(H,22,23). The molecule has 1 N–H and O–H groups in total. The van der Waals surface area contributed by atoms with Crippen LogP contribution in [0.3, 0.4) is 0 Å². The van der Waals surface area contributed by atoms with Gasteiger partial charge >= 0.3 is 5.97 Å². The molecule has 0 aliphatic rings. The van der Waals surface area contributed by atoms with Crippen molar-refractivity contribution in [2.75, 3.05) is 0 Å². The third kappa shape index (κ3) is 3.38. The highest BCUT2D eigenvalue weighted by Gasteiger charge is 2.15. The fourth-order valence-corrected chi connectivity index (χ4v) is 2.60. The van der Waals surface area contributed by atoms with E-state index in [1.165, 1.54) is 0 Å². The summed E-state index contributed by atoms with van der Waals surface area (Å²) < 4.78 is 1.66. The SMILES string of the molecule is O=C(O)Cc1cn(-c2ccccc2)nc1-c1ccc(Cl)c(Cl)c1. The van der Waals surface area contributed by atoms with Gasteiger partial charge in [0.2, 0.25) is 0 Å². The number of rotatable bonds is 4. The lowest BCUT2D eigenvalue weighted by Crippen LogP contribution is -2.00. The van der Waals surface area contributed by atoms with Gasteiger partial charge in [0.1, 0.15) is 0 Å². The predicted octanol–water partition coefficient (Wildman–Crippen LogP) is 4.47. The number of carbonyl (C=O) groups is 1. The van der Waals surface area contributed by atoms with E-state index < -0.39 is 5.97 Å². The number of hydrogen-bond donors (Lipinski definition) is 1. The Bertz CT molecular complexity index is 860. The number of carboxylic acids is 1. The molecule has 23 heavy (non-hydrogen) atoms. The Morgan fingerprint density at radius 2 is 1.83 bits per heavy atom. The first kappa shape index (κ1) is 15.6. The van der Waals surface area contributed by atoms with E-state index in [1.807, 2.05) is 30.3 Å². The zero-order valence-electron chi connectivity index (χ0n) is 11.9. The van der Waals surface area contributed by atoms with E-state index in [2.05, 4.69) is 5.10 Å². The Kier molecular flexibility index (Phi) is 4.37. The number of para-hydroxylation sites is 1. The molecule has 0 amide bonds. The Labute approximate surface area is 142 Å². The number of benzene rings is 2. The van der Waals surface area contributed by atoms with Crippen LogP contribution in [0.5, 0.6) is 0 Å². The molecule has 0 saturated heterocycles. The number of aliphatic carboxylic acids is 1. The maximum Gasteiger partial charge on any atom is 0.307 e. The van der Waals surface area contributed by atoms with Gasteiger partial charge in [-0.2, -0.15) is 5.10 Å². The summed E-state index contributed by atoms with van der Waals surface area (Å²) in [5.74, 6) is -0.918. The lowest BCUT2D eigenvalue weighted by atomic mass is 10.1. The summed E-state index contributed by atoms with van der Waals surface area (Å²) in [6, 6.07) is 14.6. The van der Waals surface area contributed by atoms with Crippen molar-refractivity contribution < 1.29 is 9.90 Å². The molecule has 0 bridgehead atoms. The highest BCUT2D eigenvalue weighted by atomic mass is 35.5. The van der Waals surface area contributed by atoms with Crippen LogP contribution in [0.1, 0.15) is 5.56 Å². The molecule has 0 saturated carbocycles. The summed E-state index contributed by atoms with van der Waals surface area (Å²) in [6.07, 6.45) is 1.60. The topological polar surface area (TPSA) is 55.1 Å². The first-order valence-corrected chi connectivity index (χ1v) is 7.61. The molecule has 116 valence electrons. The molecule has 0 radical (unpaired) electrons. The molecule has 1 heterocycles. The van der Waals surface area contributed by atoms with Crippen molar-refractivity contribution in [2.24, 2.45) is 0 Å². The monoisotopic (exact) mass is 346 g/mol. The second-order valence-corrected chi connectivity index (χ2v) is 5.80. The van der Waals surface area contributed by atoms with Gasteiger partial charge in [0.25, 0.3) is 0 Å². The number of nitrogens with zero attached hydrogens (tertiary/aromatic N) is 2. The lowest BCUT2D eigenvalue weighted by molar-refractivity contribution is -0.136. The average Bonchev–Trinajstić information content (AvgIpc) is 2.94. The van der Waals surface area contributed by atoms with Crippen molar-refractivity contribution in [1.29, 1.82) is 0 Å². The molecule has 2 aromatic carbocycles. The minimum absolute atomic E-state index is 0.123. The predicted molar refractivity (Wildman–Crippen MR) is 90.4 cm³/mol. The molecular weight excluding hydrogens is 335 g/mol. The Balaban J connectivity index is 2.12. The van der Waals surface area contributed by atoms with Crippen molar-refractivity contribution >= 4 is 29.2 Å². The van der Waals surface area contributed by atoms with Crippen LogP contribution in [0.2, 0.25) is 10.0 Å². The van der Waals surface area contributed by atoms with E-state index in [0.29, 0.717) is 21.3 Å². The van der Waals surface area contributed by atoms with E-state index in [4.69, 9.17) is 28.3 Å². The molecule has 3 aromatic rings. The minimum Gasteiger partial charge on any atom is -0.481 e. The Morgan fingerprint density at radius 3 is 2.48 bits per heavy atom. The normalized spacial score (nSPS) is 10.7. The molecule has 1 aromatic heterocycles. The molecule has 4 nitrogen and oxygen atoms in total. The van der Waals surface area contributed by atoms with Crippen LogP contribution in [0, 0.1) is 0 Å². The summed E-state index contributed by atoms with van der Waals surface area (Å²) in [5.41, 5.74) is 2.77. The van der Waals surface area contributed by atoms with Crippen LogP contribution >= 0.6 is 23.2 Å². The van der Waals surface area contributed by atoms with Gasteiger partial charge in [-0.15, -0.1) is 0 Å². The van der Waals surface area contributed by atoms with Gasteiger partial charge in [0, 0.05) is 17.3 Å². The number of hydrogen-bond acceptors (Lipinski definition) is 2. The molecule has 0 aliphatic carbocycles. The third-order valence-electron chi connectivity index (χ3n) is 3.35. The van der Waals surface area contributed by atoms with Crippen molar-refractivity contribution in [3.63, 3.8) is 0 Å². The van der Waals surface area contributed by atoms with E-state index in [1.54, 1.807) is 29.1 Å². The summed E-state index contributed by atoms with van der Waals surface area (Å²) in [4.78, 5) is 11.1. The maximum atomic E-state index is 11.1. The molecule has 0 fully saturated rings. The van der Waals surface area contributed by atoms with Crippen molar-refractivity contribution in [3.8, 4) is 16.9 Å². The first-order valence-electron chi connectivity index (χ1n) is 6.86. The number of halogens is 2. The largest absolute Gasteiger partial charge is 0.481 e. The van der Waals surface area contributed by atoms with E-state index in [0.717, 1.165) is 11.3 Å². The lowest BCUT2D eigenvalue weighted by Gasteiger charge is -2.03. The summed E-state index contributed by atoms with van der Waals surface area (Å²) in [5, 5.41) is 14.5. The van der Waals surface area contributed by atoms with Crippen LogP contribution in [-0.2, 0) is 11.2 Å². The molecule has 0 spiro atoms. The summed E-state index contributed by atoms with van der Waals surface area (Å²) in [7, 11) is 0. The summed E-state index contributed by atoms with van der Waals surface area (Å²) in [6.45, 7) is 0. The van der Waals surface area contributed by atoms with Crippen molar-refractivity contribution in [2.45, 2.75) is 6.42 Å². The van der Waals surface area contributed by atoms with E-state index in [9.17, 15) is 4.79 Å². The quantitative estimate of drug-likeness (QED) is 0.757. The highest BCUT2D eigenvalue weighted by Crippen LogP contribution is 2.30. The zero-order chi connectivity index (χ0) is 16.4. The molecule has 0 unspecified atom stereocenters. The third-order valence-corrected chi connectivity index (χ3v) is 4.08. The average molecular weight is 347 g/mol. The van der Waals surface area contributed by atoms with Gasteiger partial charge in [0.05, 0.1) is 27.8 Å². The van der Waals surface area contributed by atoms with Crippen molar-refractivity contribution in [1.82, 2.24) is 9.78 Å². The van der Waals surface area contributed by atoms with Gasteiger partial charge in [-0.1, -0.05) is 47.5 Å². The van der Waals surface area contributed by atoms with E-state index in [-0.39, 0.29) is 6.42 Å². The minimum atomic E-state index is -0.918. The number of carboxylic acid groups (broad SMARTS) is 1. The summed E-state index contributed by atoms with van der Waals surface area (Å²) >= 11 is 12.0. The van der Waals surface area contributed by atoms with Crippen LogP contribution in [-0.4, -0.2) is 20.9 Å². The molecule has 6 heteroatoms. The van der Waals surface area contributed by atoms with Crippen LogP contribution < -0.4 is 0 Å². The smallest absolute Gasteiger partial charge is 0.307 e. The zero-order valence-corrected chi connectivity index (χ0v) is 13.4. The Hall–Kier alpha value is -2.30. The number of aromatic nitrogens is 2.